The van der Waals surface area contributed by atoms with Gasteiger partial charge in [-0.15, -0.1) is 11.3 Å². The molecular formula is C15H9NOS. The largest absolute Gasteiger partial charge is 0.455 e. The highest BCUT2D eigenvalue weighted by atomic mass is 32.1. The summed E-state index contributed by atoms with van der Waals surface area (Å²) in [6, 6.07) is 17.5. The van der Waals surface area contributed by atoms with Crippen molar-refractivity contribution in [3.05, 3.63) is 59.5 Å². The Bertz CT molecular complexity index is 687. The van der Waals surface area contributed by atoms with Gasteiger partial charge in [0.05, 0.1) is 16.5 Å². The fourth-order valence-corrected chi connectivity index (χ4v) is 2.44. The molecule has 0 saturated carbocycles. The molecule has 0 bridgehead atoms. The molecule has 0 saturated heterocycles. The third kappa shape index (κ3) is 1.94. The molecule has 0 amide bonds. The van der Waals surface area contributed by atoms with E-state index >= 15 is 0 Å². The number of nitrogens with zero attached hydrogens (tertiary/aromatic N) is 1. The number of rotatable bonds is 2. The quantitative estimate of drug-likeness (QED) is 0.670. The summed E-state index contributed by atoms with van der Waals surface area (Å²) < 4.78 is 5.82. The van der Waals surface area contributed by atoms with E-state index in [-0.39, 0.29) is 0 Å². The van der Waals surface area contributed by atoms with Gasteiger partial charge < -0.3 is 4.42 Å². The van der Waals surface area contributed by atoms with Crippen LogP contribution in [0.2, 0.25) is 0 Å². The molecule has 2 nitrogen and oxygen atoms in total. The molecule has 0 aliphatic heterocycles. The topological polar surface area (TPSA) is 36.9 Å². The Morgan fingerprint density at radius 3 is 2.39 bits per heavy atom. The fourth-order valence-electron chi connectivity index (χ4n) is 1.75. The lowest BCUT2D eigenvalue weighted by Crippen LogP contribution is -1.75. The monoisotopic (exact) mass is 251 g/mol. The van der Waals surface area contributed by atoms with Crippen LogP contribution in [0.3, 0.4) is 0 Å². The second kappa shape index (κ2) is 4.52. The number of furan rings is 1. The molecule has 3 rings (SSSR count). The average molecular weight is 251 g/mol. The van der Waals surface area contributed by atoms with Crippen molar-refractivity contribution < 1.29 is 4.42 Å². The zero-order valence-corrected chi connectivity index (χ0v) is 10.3. The van der Waals surface area contributed by atoms with E-state index in [0.717, 1.165) is 22.0 Å². The second-order valence-electron chi connectivity index (χ2n) is 3.83. The normalized spacial score (nSPS) is 10.2. The van der Waals surface area contributed by atoms with E-state index in [9.17, 15) is 0 Å². The van der Waals surface area contributed by atoms with Crippen molar-refractivity contribution in [1.29, 1.82) is 5.26 Å². The lowest BCUT2D eigenvalue weighted by molar-refractivity contribution is 0.599. The van der Waals surface area contributed by atoms with Crippen LogP contribution in [0, 0.1) is 11.3 Å². The van der Waals surface area contributed by atoms with Crippen molar-refractivity contribution in [2.75, 3.05) is 0 Å². The van der Waals surface area contributed by atoms with Crippen LogP contribution in [0.5, 0.6) is 0 Å². The summed E-state index contributed by atoms with van der Waals surface area (Å²) in [5.41, 5.74) is 1.64. The Labute approximate surface area is 109 Å². The first-order chi connectivity index (χ1) is 8.86. The van der Waals surface area contributed by atoms with Gasteiger partial charge in [0.25, 0.3) is 0 Å². The number of nitriles is 1. The first-order valence-electron chi connectivity index (χ1n) is 5.51. The first kappa shape index (κ1) is 10.8. The maximum Gasteiger partial charge on any atom is 0.144 e. The van der Waals surface area contributed by atoms with Crippen LogP contribution in [0.15, 0.2) is 58.3 Å². The van der Waals surface area contributed by atoms with Crippen LogP contribution in [0.25, 0.3) is 22.0 Å². The van der Waals surface area contributed by atoms with Gasteiger partial charge in [-0.1, -0.05) is 6.07 Å². The molecule has 0 fully saturated rings. The Balaban J connectivity index is 1.95. The molecule has 0 unspecified atom stereocenters. The van der Waals surface area contributed by atoms with Crippen LogP contribution in [-0.4, -0.2) is 0 Å². The van der Waals surface area contributed by atoms with Gasteiger partial charge in [0.15, 0.2) is 0 Å². The number of hydrogen-bond donors (Lipinski definition) is 0. The van der Waals surface area contributed by atoms with Crippen molar-refractivity contribution in [2.45, 2.75) is 0 Å². The minimum Gasteiger partial charge on any atom is -0.455 e. The molecule has 1 aromatic carbocycles. The Kier molecular flexibility index (Phi) is 2.71. The maximum absolute atomic E-state index is 8.76. The highest BCUT2D eigenvalue weighted by Gasteiger charge is 2.07. The second-order valence-corrected chi connectivity index (χ2v) is 4.78. The van der Waals surface area contributed by atoms with E-state index in [1.807, 2.05) is 41.8 Å². The van der Waals surface area contributed by atoms with Gasteiger partial charge in [-0.05, 0) is 47.8 Å². The summed E-state index contributed by atoms with van der Waals surface area (Å²) in [5.74, 6) is 1.70. The summed E-state index contributed by atoms with van der Waals surface area (Å²) in [7, 11) is 0. The molecule has 2 heterocycles. The van der Waals surface area contributed by atoms with Gasteiger partial charge in [0.1, 0.15) is 11.5 Å². The van der Waals surface area contributed by atoms with Gasteiger partial charge >= 0.3 is 0 Å². The summed E-state index contributed by atoms with van der Waals surface area (Å²) in [6.07, 6.45) is 0. The molecule has 0 N–H and O–H groups in total. The lowest BCUT2D eigenvalue weighted by Gasteiger charge is -1.96. The van der Waals surface area contributed by atoms with Crippen molar-refractivity contribution in [1.82, 2.24) is 0 Å². The van der Waals surface area contributed by atoms with E-state index in [4.69, 9.17) is 9.68 Å². The van der Waals surface area contributed by atoms with Gasteiger partial charge in [-0.2, -0.15) is 5.26 Å². The zero-order valence-electron chi connectivity index (χ0n) is 9.46. The highest BCUT2D eigenvalue weighted by molar-refractivity contribution is 7.13. The van der Waals surface area contributed by atoms with Crippen molar-refractivity contribution >= 4 is 11.3 Å². The molecular weight excluding hydrogens is 242 g/mol. The third-order valence-corrected chi connectivity index (χ3v) is 3.55. The minimum absolute atomic E-state index is 0.656. The van der Waals surface area contributed by atoms with Gasteiger partial charge in [-0.3, -0.25) is 0 Å². The van der Waals surface area contributed by atoms with Crippen molar-refractivity contribution in [3.8, 4) is 28.0 Å². The van der Waals surface area contributed by atoms with Crippen LogP contribution < -0.4 is 0 Å². The third-order valence-electron chi connectivity index (χ3n) is 2.67. The van der Waals surface area contributed by atoms with Crippen molar-refractivity contribution in [2.24, 2.45) is 0 Å². The predicted octanol–water partition coefficient (Wildman–Crippen LogP) is 4.55. The molecule has 18 heavy (non-hydrogen) atoms. The van der Waals surface area contributed by atoms with E-state index in [0.29, 0.717) is 5.56 Å². The standard InChI is InChI=1S/C15H9NOS/c16-10-11-3-5-12(6-4-11)13-7-8-14(17-13)15-2-1-9-18-15/h1-9H. The minimum atomic E-state index is 0.656. The summed E-state index contributed by atoms with van der Waals surface area (Å²) >= 11 is 1.65. The Hall–Kier alpha value is -2.31. The predicted molar refractivity (Wildman–Crippen MR) is 72.2 cm³/mol. The molecule has 86 valence electrons. The van der Waals surface area contributed by atoms with Crippen LogP contribution in [0.1, 0.15) is 5.56 Å². The number of hydrogen-bond acceptors (Lipinski definition) is 3. The van der Waals surface area contributed by atoms with Gasteiger partial charge in [0, 0.05) is 5.56 Å². The lowest BCUT2D eigenvalue weighted by atomic mass is 10.1. The van der Waals surface area contributed by atoms with Crippen LogP contribution in [0.4, 0.5) is 0 Å². The van der Waals surface area contributed by atoms with Crippen LogP contribution in [-0.2, 0) is 0 Å². The van der Waals surface area contributed by atoms with Gasteiger partial charge in [0.2, 0.25) is 0 Å². The number of benzene rings is 1. The molecule has 0 aliphatic rings. The van der Waals surface area contributed by atoms with Crippen LogP contribution >= 0.6 is 11.3 Å². The van der Waals surface area contributed by atoms with Crippen molar-refractivity contribution in [3.63, 3.8) is 0 Å². The molecule has 0 radical (unpaired) electrons. The molecule has 3 aromatic rings. The molecule has 0 aliphatic carbocycles. The Morgan fingerprint density at radius 2 is 1.72 bits per heavy atom. The summed E-state index contributed by atoms with van der Waals surface area (Å²) in [4.78, 5) is 1.12. The molecule has 3 heteroatoms. The van der Waals surface area contributed by atoms with E-state index in [1.54, 1.807) is 23.5 Å². The smallest absolute Gasteiger partial charge is 0.144 e. The average Bonchev–Trinajstić information content (AvgIpc) is 3.09. The number of thiophene rings is 1. The molecule has 0 spiro atoms. The summed E-state index contributed by atoms with van der Waals surface area (Å²) in [5, 5.41) is 10.8. The highest BCUT2D eigenvalue weighted by Crippen LogP contribution is 2.30. The SMILES string of the molecule is N#Cc1ccc(-c2ccc(-c3cccs3)o2)cc1. The van der Waals surface area contributed by atoms with Gasteiger partial charge in [-0.25, -0.2) is 0 Å². The maximum atomic E-state index is 8.76. The first-order valence-corrected chi connectivity index (χ1v) is 6.39. The molecule has 0 atom stereocenters. The van der Waals surface area contributed by atoms with E-state index < -0.39 is 0 Å². The molecule has 2 aromatic heterocycles. The van der Waals surface area contributed by atoms with E-state index in [2.05, 4.69) is 6.07 Å². The van der Waals surface area contributed by atoms with E-state index in [1.165, 1.54) is 0 Å². The summed E-state index contributed by atoms with van der Waals surface area (Å²) in [6.45, 7) is 0. The zero-order chi connectivity index (χ0) is 12.4. The fraction of sp³-hybridized carbons (Fsp3) is 0. The Morgan fingerprint density at radius 1 is 0.944 bits per heavy atom.